The number of aliphatic hydroxyl groups excluding tert-OH is 1. The van der Waals surface area contributed by atoms with Crippen LogP contribution in [0.3, 0.4) is 0 Å². The van der Waals surface area contributed by atoms with Crippen LogP contribution in [0.2, 0.25) is 0 Å². The second-order valence-electron chi connectivity index (χ2n) is 4.39. The Hall–Kier alpha value is -0.860. The second kappa shape index (κ2) is 6.02. The van der Waals surface area contributed by atoms with Gasteiger partial charge in [0.25, 0.3) is 0 Å². The molecule has 0 saturated heterocycles. The van der Waals surface area contributed by atoms with Gasteiger partial charge in [0.2, 0.25) is 0 Å². The van der Waals surface area contributed by atoms with Crippen molar-refractivity contribution in [1.82, 2.24) is 5.32 Å². The van der Waals surface area contributed by atoms with Crippen molar-refractivity contribution in [3.63, 3.8) is 0 Å². The van der Waals surface area contributed by atoms with Crippen LogP contribution in [0.15, 0.2) is 24.3 Å². The van der Waals surface area contributed by atoms with Crippen LogP contribution in [0.25, 0.3) is 0 Å². The first-order valence-electron chi connectivity index (χ1n) is 6.11. The Labute approximate surface area is 98.7 Å². The average molecular weight is 221 g/mol. The first kappa shape index (κ1) is 13.2. The Balaban J connectivity index is 2.95. The van der Waals surface area contributed by atoms with Gasteiger partial charge in [0.15, 0.2) is 0 Å². The third-order valence-corrected chi connectivity index (χ3v) is 3.19. The fourth-order valence-electron chi connectivity index (χ4n) is 1.93. The van der Waals surface area contributed by atoms with E-state index in [4.69, 9.17) is 0 Å². The molecular formula is C14H23NO. The lowest BCUT2D eigenvalue weighted by atomic mass is 9.87. The van der Waals surface area contributed by atoms with E-state index < -0.39 is 0 Å². The van der Waals surface area contributed by atoms with Crippen LogP contribution >= 0.6 is 0 Å². The summed E-state index contributed by atoms with van der Waals surface area (Å²) in [5, 5.41) is 13.1. The molecule has 1 aromatic rings. The standard InChI is InChI=1S/C14H23NO/c1-4-10-15-14(5-2,11-16)13-8-6-12(3)7-9-13/h6-9,15-16H,4-5,10-11H2,1-3H3. The van der Waals surface area contributed by atoms with E-state index in [9.17, 15) is 5.11 Å². The molecule has 1 atom stereocenters. The van der Waals surface area contributed by atoms with Crippen LogP contribution in [-0.4, -0.2) is 18.3 Å². The largest absolute Gasteiger partial charge is 0.394 e. The Morgan fingerprint density at radius 2 is 1.81 bits per heavy atom. The van der Waals surface area contributed by atoms with Gasteiger partial charge in [-0.1, -0.05) is 43.7 Å². The number of nitrogens with one attached hydrogen (secondary N) is 1. The molecule has 0 aliphatic carbocycles. The van der Waals surface area contributed by atoms with E-state index >= 15 is 0 Å². The zero-order chi connectivity index (χ0) is 12.0. The molecule has 0 aliphatic rings. The zero-order valence-corrected chi connectivity index (χ0v) is 10.6. The number of hydrogen-bond acceptors (Lipinski definition) is 2. The topological polar surface area (TPSA) is 32.3 Å². The minimum Gasteiger partial charge on any atom is -0.394 e. The smallest absolute Gasteiger partial charge is 0.0666 e. The van der Waals surface area contributed by atoms with E-state index in [-0.39, 0.29) is 12.1 Å². The number of aliphatic hydroxyl groups is 1. The number of benzene rings is 1. The molecule has 0 spiro atoms. The first-order chi connectivity index (χ1) is 7.68. The van der Waals surface area contributed by atoms with Gasteiger partial charge in [-0.15, -0.1) is 0 Å². The van der Waals surface area contributed by atoms with Crippen LogP contribution in [0, 0.1) is 6.92 Å². The van der Waals surface area contributed by atoms with Crippen molar-refractivity contribution < 1.29 is 5.11 Å². The summed E-state index contributed by atoms with van der Waals surface area (Å²) in [6.07, 6.45) is 1.97. The van der Waals surface area contributed by atoms with Crippen LogP contribution in [0.5, 0.6) is 0 Å². The molecule has 16 heavy (non-hydrogen) atoms. The van der Waals surface area contributed by atoms with E-state index in [2.05, 4.69) is 50.4 Å². The van der Waals surface area contributed by atoms with Crippen molar-refractivity contribution in [3.8, 4) is 0 Å². The van der Waals surface area contributed by atoms with Crippen molar-refractivity contribution >= 4 is 0 Å². The van der Waals surface area contributed by atoms with Gasteiger partial charge in [-0.25, -0.2) is 0 Å². The summed E-state index contributed by atoms with van der Waals surface area (Å²) >= 11 is 0. The summed E-state index contributed by atoms with van der Waals surface area (Å²) in [7, 11) is 0. The third kappa shape index (κ3) is 2.83. The fourth-order valence-corrected chi connectivity index (χ4v) is 1.93. The van der Waals surface area contributed by atoms with Gasteiger partial charge in [-0.05, 0) is 31.9 Å². The van der Waals surface area contributed by atoms with Crippen molar-refractivity contribution in [1.29, 1.82) is 0 Å². The summed E-state index contributed by atoms with van der Waals surface area (Å²) in [4.78, 5) is 0. The Bertz CT molecular complexity index is 301. The molecule has 0 aromatic heterocycles. The molecule has 0 amide bonds. The quantitative estimate of drug-likeness (QED) is 0.774. The lowest BCUT2D eigenvalue weighted by Crippen LogP contribution is -2.45. The van der Waals surface area contributed by atoms with E-state index in [1.165, 1.54) is 11.1 Å². The molecule has 1 rings (SSSR count). The zero-order valence-electron chi connectivity index (χ0n) is 10.6. The summed E-state index contributed by atoms with van der Waals surface area (Å²) in [6, 6.07) is 8.42. The highest BCUT2D eigenvalue weighted by molar-refractivity contribution is 5.28. The molecule has 0 saturated carbocycles. The number of rotatable bonds is 6. The van der Waals surface area contributed by atoms with Crippen LogP contribution < -0.4 is 5.32 Å². The maximum atomic E-state index is 9.66. The normalized spacial score (nSPS) is 14.8. The highest BCUT2D eigenvalue weighted by Gasteiger charge is 2.28. The first-order valence-corrected chi connectivity index (χ1v) is 6.11. The predicted octanol–water partition coefficient (Wildman–Crippen LogP) is 2.59. The van der Waals surface area contributed by atoms with Crippen molar-refractivity contribution in [2.45, 2.75) is 39.2 Å². The molecule has 0 aliphatic heterocycles. The predicted molar refractivity (Wildman–Crippen MR) is 68.5 cm³/mol. The van der Waals surface area contributed by atoms with Crippen LogP contribution in [0.1, 0.15) is 37.8 Å². The van der Waals surface area contributed by atoms with E-state index in [1.54, 1.807) is 0 Å². The van der Waals surface area contributed by atoms with E-state index in [0.717, 1.165) is 19.4 Å². The highest BCUT2D eigenvalue weighted by Crippen LogP contribution is 2.24. The number of aryl methyl sites for hydroxylation is 1. The van der Waals surface area contributed by atoms with Gasteiger partial charge in [-0.2, -0.15) is 0 Å². The minimum absolute atomic E-state index is 0.145. The van der Waals surface area contributed by atoms with E-state index in [1.807, 2.05) is 0 Å². The molecule has 0 radical (unpaired) electrons. The molecule has 0 heterocycles. The van der Waals surface area contributed by atoms with Gasteiger partial charge in [-0.3, -0.25) is 0 Å². The van der Waals surface area contributed by atoms with Gasteiger partial charge >= 0.3 is 0 Å². The molecule has 2 nitrogen and oxygen atoms in total. The molecule has 0 fully saturated rings. The number of hydrogen-bond donors (Lipinski definition) is 2. The van der Waals surface area contributed by atoms with Gasteiger partial charge in [0.1, 0.15) is 0 Å². The van der Waals surface area contributed by atoms with Gasteiger partial charge in [0.05, 0.1) is 12.1 Å². The lowest BCUT2D eigenvalue weighted by molar-refractivity contribution is 0.156. The molecule has 1 aromatic carbocycles. The van der Waals surface area contributed by atoms with Gasteiger partial charge in [0, 0.05) is 0 Å². The van der Waals surface area contributed by atoms with E-state index in [0.29, 0.717) is 0 Å². The molecule has 2 N–H and O–H groups in total. The summed E-state index contributed by atoms with van der Waals surface area (Å²) < 4.78 is 0. The molecule has 90 valence electrons. The van der Waals surface area contributed by atoms with Gasteiger partial charge < -0.3 is 10.4 Å². The minimum atomic E-state index is -0.274. The monoisotopic (exact) mass is 221 g/mol. The Kier molecular flexibility index (Phi) is 4.97. The molecular weight excluding hydrogens is 198 g/mol. The van der Waals surface area contributed by atoms with Crippen LogP contribution in [0.4, 0.5) is 0 Å². The molecule has 2 heteroatoms. The average Bonchev–Trinajstić information content (AvgIpc) is 2.33. The summed E-state index contributed by atoms with van der Waals surface area (Å²) in [6.45, 7) is 7.41. The maximum Gasteiger partial charge on any atom is 0.0666 e. The maximum absolute atomic E-state index is 9.66. The second-order valence-corrected chi connectivity index (χ2v) is 4.39. The van der Waals surface area contributed by atoms with Crippen molar-refractivity contribution in [2.24, 2.45) is 0 Å². The van der Waals surface area contributed by atoms with Crippen molar-refractivity contribution in [3.05, 3.63) is 35.4 Å². The summed E-state index contributed by atoms with van der Waals surface area (Å²) in [5.74, 6) is 0. The highest BCUT2D eigenvalue weighted by atomic mass is 16.3. The lowest BCUT2D eigenvalue weighted by Gasteiger charge is -2.33. The van der Waals surface area contributed by atoms with Crippen molar-refractivity contribution in [2.75, 3.05) is 13.2 Å². The Morgan fingerprint density at radius 3 is 2.25 bits per heavy atom. The van der Waals surface area contributed by atoms with Crippen LogP contribution in [-0.2, 0) is 5.54 Å². The Morgan fingerprint density at radius 1 is 1.19 bits per heavy atom. The molecule has 0 bridgehead atoms. The third-order valence-electron chi connectivity index (χ3n) is 3.19. The SMILES string of the molecule is CCCNC(CC)(CO)c1ccc(C)cc1. The molecule has 1 unspecified atom stereocenters. The fraction of sp³-hybridized carbons (Fsp3) is 0.571. The summed E-state index contributed by atoms with van der Waals surface area (Å²) in [5.41, 5.74) is 2.16.